The molecule has 0 bridgehead atoms. The van der Waals surface area contributed by atoms with Crippen LogP contribution in [0.3, 0.4) is 0 Å². The molecule has 2 heterocycles. The average Bonchev–Trinajstić information content (AvgIpc) is 3.29. The van der Waals surface area contributed by atoms with Crippen molar-refractivity contribution in [2.75, 3.05) is 14.2 Å². The highest BCUT2D eigenvalue weighted by Gasteiger charge is 2.33. The summed E-state index contributed by atoms with van der Waals surface area (Å²) >= 11 is 1.18. The second-order valence-electron chi connectivity index (χ2n) is 9.37. The van der Waals surface area contributed by atoms with Gasteiger partial charge in [-0.3, -0.25) is 9.36 Å². The highest BCUT2D eigenvalue weighted by molar-refractivity contribution is 7.07. The predicted molar refractivity (Wildman–Crippen MR) is 151 cm³/mol. The molecule has 216 valence electrons. The lowest BCUT2D eigenvalue weighted by Gasteiger charge is -2.24. The molecular formula is C31H25F3N2O5S. The minimum Gasteiger partial charge on any atom is -0.496 e. The SMILES string of the molecule is COC(=O)C1=C(C)N=c2s/c(=C\c3ccc(OC)c(COc4cccc(C(F)(F)F)c4)c3)c(=O)n2[C@H]1c1ccccc1. The molecule has 0 radical (unpaired) electrons. The number of hydrogen-bond donors (Lipinski definition) is 0. The number of methoxy groups -OCH3 is 2. The summed E-state index contributed by atoms with van der Waals surface area (Å²) in [4.78, 5) is 31.5. The van der Waals surface area contributed by atoms with Crippen molar-refractivity contribution in [3.63, 3.8) is 0 Å². The number of ether oxygens (including phenoxy) is 3. The van der Waals surface area contributed by atoms with E-state index in [0.717, 1.165) is 17.7 Å². The van der Waals surface area contributed by atoms with Crippen molar-refractivity contribution in [2.45, 2.75) is 25.7 Å². The van der Waals surface area contributed by atoms with E-state index >= 15 is 0 Å². The summed E-state index contributed by atoms with van der Waals surface area (Å²) < 4.78 is 57.3. The molecule has 0 saturated carbocycles. The van der Waals surface area contributed by atoms with Crippen molar-refractivity contribution in [2.24, 2.45) is 4.99 Å². The van der Waals surface area contributed by atoms with Crippen molar-refractivity contribution in [1.29, 1.82) is 0 Å². The number of fused-ring (bicyclic) bond motifs is 1. The zero-order valence-corrected chi connectivity index (χ0v) is 23.6. The van der Waals surface area contributed by atoms with E-state index in [9.17, 15) is 22.8 Å². The molecule has 0 unspecified atom stereocenters. The average molecular weight is 595 g/mol. The van der Waals surface area contributed by atoms with Crippen molar-refractivity contribution in [1.82, 2.24) is 4.57 Å². The lowest BCUT2D eigenvalue weighted by molar-refractivity contribution is -0.138. The smallest absolute Gasteiger partial charge is 0.416 e. The Morgan fingerprint density at radius 2 is 1.81 bits per heavy atom. The Kier molecular flexibility index (Phi) is 8.04. The van der Waals surface area contributed by atoms with Crippen molar-refractivity contribution >= 4 is 23.4 Å². The first-order chi connectivity index (χ1) is 20.1. The Bertz CT molecular complexity index is 1860. The molecule has 0 fully saturated rings. The fraction of sp³-hybridized carbons (Fsp3) is 0.194. The van der Waals surface area contributed by atoms with Gasteiger partial charge in [0.25, 0.3) is 5.56 Å². The number of halogens is 3. The van der Waals surface area contributed by atoms with Gasteiger partial charge >= 0.3 is 12.1 Å². The number of esters is 1. The Morgan fingerprint density at radius 3 is 2.50 bits per heavy atom. The molecule has 0 saturated heterocycles. The van der Waals surface area contributed by atoms with Gasteiger partial charge in [-0.2, -0.15) is 13.2 Å². The molecule has 4 aromatic rings. The number of hydrogen-bond acceptors (Lipinski definition) is 7. The fourth-order valence-corrected chi connectivity index (χ4v) is 5.77. The first-order valence-electron chi connectivity index (χ1n) is 12.7. The number of rotatable bonds is 7. The molecule has 0 N–H and O–H groups in total. The third kappa shape index (κ3) is 5.73. The van der Waals surface area contributed by atoms with E-state index in [0.29, 0.717) is 31.9 Å². The summed E-state index contributed by atoms with van der Waals surface area (Å²) in [5, 5.41) is 0. The van der Waals surface area contributed by atoms with Crippen molar-refractivity contribution in [3.8, 4) is 11.5 Å². The van der Waals surface area contributed by atoms with E-state index in [2.05, 4.69) is 4.99 Å². The van der Waals surface area contributed by atoms with Gasteiger partial charge in [0.05, 0.1) is 41.6 Å². The van der Waals surface area contributed by atoms with Crippen LogP contribution in [-0.2, 0) is 22.3 Å². The van der Waals surface area contributed by atoms with Gasteiger partial charge in [-0.1, -0.05) is 53.8 Å². The second-order valence-corrected chi connectivity index (χ2v) is 10.4. The number of benzene rings is 3. The highest BCUT2D eigenvalue weighted by atomic mass is 32.1. The summed E-state index contributed by atoms with van der Waals surface area (Å²) in [5.41, 5.74) is 1.54. The first kappa shape index (κ1) is 28.9. The van der Waals surface area contributed by atoms with Crippen LogP contribution in [0.2, 0.25) is 0 Å². The molecular weight excluding hydrogens is 569 g/mol. The van der Waals surface area contributed by atoms with Gasteiger partial charge in [0, 0.05) is 5.56 Å². The molecule has 7 nitrogen and oxygen atoms in total. The fourth-order valence-electron chi connectivity index (χ4n) is 4.72. The number of aromatic nitrogens is 1. The second kappa shape index (κ2) is 11.7. The third-order valence-electron chi connectivity index (χ3n) is 6.70. The summed E-state index contributed by atoms with van der Waals surface area (Å²) in [5.74, 6) is -0.0359. The lowest BCUT2D eigenvalue weighted by atomic mass is 9.96. The molecule has 1 aliphatic heterocycles. The highest BCUT2D eigenvalue weighted by Crippen LogP contribution is 2.32. The van der Waals surface area contributed by atoms with Gasteiger partial charge in [0.15, 0.2) is 4.80 Å². The Labute approximate surface area is 242 Å². The minimum absolute atomic E-state index is 0.0586. The molecule has 0 aliphatic carbocycles. The molecule has 1 aromatic heterocycles. The maximum atomic E-state index is 13.8. The maximum Gasteiger partial charge on any atom is 0.416 e. The van der Waals surface area contributed by atoms with E-state index in [1.807, 2.05) is 30.3 Å². The largest absolute Gasteiger partial charge is 0.496 e. The monoisotopic (exact) mass is 594 g/mol. The van der Waals surface area contributed by atoms with Crippen LogP contribution in [-0.4, -0.2) is 24.8 Å². The van der Waals surface area contributed by atoms with E-state index in [4.69, 9.17) is 14.2 Å². The number of alkyl halides is 3. The van der Waals surface area contributed by atoms with Crippen molar-refractivity contribution in [3.05, 3.63) is 126 Å². The van der Waals surface area contributed by atoms with Gasteiger partial charge in [-0.25, -0.2) is 9.79 Å². The predicted octanol–water partition coefficient (Wildman–Crippen LogP) is 5.01. The van der Waals surface area contributed by atoms with Gasteiger partial charge in [-0.15, -0.1) is 0 Å². The van der Waals surface area contributed by atoms with Crippen LogP contribution < -0.4 is 24.4 Å². The minimum atomic E-state index is -4.49. The summed E-state index contributed by atoms with van der Waals surface area (Å²) in [6, 6.07) is 18.3. The van der Waals surface area contributed by atoms with Gasteiger partial charge in [0.1, 0.15) is 18.1 Å². The number of thiazole rings is 1. The van der Waals surface area contributed by atoms with Crippen LogP contribution >= 0.6 is 11.3 Å². The number of carbonyl (C=O) groups excluding carboxylic acids is 1. The topological polar surface area (TPSA) is 79.1 Å². The number of allylic oxidation sites excluding steroid dienone is 1. The maximum absolute atomic E-state index is 13.8. The van der Waals surface area contributed by atoms with E-state index in [1.54, 1.807) is 31.2 Å². The molecule has 5 rings (SSSR count). The van der Waals surface area contributed by atoms with Crippen LogP contribution in [0.5, 0.6) is 11.5 Å². The standard InChI is InChI=1S/C31H25F3N2O5S/c1-18-26(29(38)40-3)27(20-8-5-4-6-9-20)36-28(37)25(42-30(36)35-18)15-19-12-13-24(39-2)21(14-19)17-41-23-11-7-10-22(16-23)31(32,33)34/h4-16,27H,17H2,1-3H3/b25-15-/t27-/m0/s1. The van der Waals surface area contributed by atoms with Gasteiger partial charge < -0.3 is 14.2 Å². The summed E-state index contributed by atoms with van der Waals surface area (Å²) in [7, 11) is 2.76. The van der Waals surface area contributed by atoms with E-state index < -0.39 is 23.8 Å². The number of carbonyl (C=O) groups is 1. The first-order valence-corrected chi connectivity index (χ1v) is 13.5. The van der Waals surface area contributed by atoms with Crippen LogP contribution in [0.1, 0.15) is 35.2 Å². The summed E-state index contributed by atoms with van der Waals surface area (Å²) in [6.45, 7) is 1.64. The molecule has 11 heteroatoms. The molecule has 42 heavy (non-hydrogen) atoms. The molecule has 1 aliphatic rings. The molecule has 3 aromatic carbocycles. The van der Waals surface area contributed by atoms with Crippen LogP contribution in [0, 0.1) is 0 Å². The third-order valence-corrected chi connectivity index (χ3v) is 7.68. The Morgan fingerprint density at radius 1 is 1.05 bits per heavy atom. The van der Waals surface area contributed by atoms with Crippen LogP contribution in [0.4, 0.5) is 13.2 Å². The lowest BCUT2D eigenvalue weighted by Crippen LogP contribution is -2.39. The Hall–Kier alpha value is -4.64. The zero-order valence-electron chi connectivity index (χ0n) is 22.8. The molecule has 0 spiro atoms. The van der Waals surface area contributed by atoms with E-state index in [1.165, 1.54) is 42.3 Å². The molecule has 1 atom stereocenters. The van der Waals surface area contributed by atoms with Crippen molar-refractivity contribution < 1.29 is 32.2 Å². The van der Waals surface area contributed by atoms with E-state index in [-0.39, 0.29) is 23.5 Å². The van der Waals surface area contributed by atoms with Crippen LogP contribution in [0.25, 0.3) is 6.08 Å². The number of nitrogens with zero attached hydrogens (tertiary/aromatic N) is 2. The van der Waals surface area contributed by atoms with Gasteiger partial charge in [0.2, 0.25) is 0 Å². The normalized spacial score (nSPS) is 15.2. The summed E-state index contributed by atoms with van der Waals surface area (Å²) in [6.07, 6.45) is -2.80. The van der Waals surface area contributed by atoms with Crippen LogP contribution in [0.15, 0.2) is 93.9 Å². The Balaban J connectivity index is 1.53. The molecule has 0 amide bonds. The quantitative estimate of drug-likeness (QED) is 0.281. The van der Waals surface area contributed by atoms with Gasteiger partial charge in [-0.05, 0) is 54.5 Å². The zero-order chi connectivity index (χ0) is 30.0.